The van der Waals surface area contributed by atoms with Crippen LogP contribution in [-0.2, 0) is 4.79 Å². The fraction of sp³-hybridized carbons (Fsp3) is 0.167. The quantitative estimate of drug-likeness (QED) is 0.477. The molecule has 0 bridgehead atoms. The maximum atomic E-state index is 13.5. The van der Waals surface area contributed by atoms with Crippen LogP contribution in [-0.4, -0.2) is 25.5 Å². The lowest BCUT2D eigenvalue weighted by molar-refractivity contribution is -0.119. The minimum atomic E-state index is -0.502. The van der Waals surface area contributed by atoms with Crippen molar-refractivity contribution in [2.45, 2.75) is 6.04 Å². The fourth-order valence-corrected chi connectivity index (χ4v) is 3.66. The van der Waals surface area contributed by atoms with Gasteiger partial charge in [0.15, 0.2) is 0 Å². The van der Waals surface area contributed by atoms with Crippen LogP contribution in [0.15, 0.2) is 72.8 Å². The molecule has 0 spiro atoms. The Balaban J connectivity index is 1.50. The predicted molar refractivity (Wildman–Crippen MR) is 120 cm³/mol. The summed E-state index contributed by atoms with van der Waals surface area (Å²) in [6.07, 6.45) is 0. The zero-order chi connectivity index (χ0) is 22.5. The van der Waals surface area contributed by atoms with Gasteiger partial charge in [-0.2, -0.15) is 0 Å². The van der Waals surface area contributed by atoms with Crippen molar-refractivity contribution in [3.8, 4) is 5.75 Å². The lowest BCUT2D eigenvalue weighted by atomic mass is 9.94. The fourth-order valence-electron chi connectivity index (χ4n) is 3.66. The Hall–Kier alpha value is -3.75. The highest BCUT2D eigenvalue weighted by Crippen LogP contribution is 2.30. The van der Waals surface area contributed by atoms with Gasteiger partial charge in [-0.25, -0.2) is 9.82 Å². The second-order valence-corrected chi connectivity index (χ2v) is 7.39. The zero-order valence-electron chi connectivity index (χ0n) is 17.4. The number of methoxy groups -OCH3 is 1. The van der Waals surface area contributed by atoms with Gasteiger partial charge in [0, 0.05) is 17.8 Å². The number of amides is 2. The molecule has 1 heterocycles. The molecule has 7 nitrogen and oxygen atoms in total. The Bertz CT molecular complexity index is 1120. The van der Waals surface area contributed by atoms with Gasteiger partial charge in [0.1, 0.15) is 11.6 Å². The molecular formula is C24H23FN4O3. The molecule has 2 amide bonds. The third kappa shape index (κ3) is 4.77. The standard InChI is InChI=1S/C24H23FN4O3/c1-32-21-11-10-18(13-20(21)28-23(30)16-8-5-9-17(25)12-16)27-24(31)19-14-26-29-22(19)15-6-3-2-4-7-15/h2-13,19,22,26,29H,14H2,1H3,(H,27,31)(H,28,30). The molecule has 0 saturated carbocycles. The number of ether oxygens (including phenoxy) is 1. The second-order valence-electron chi connectivity index (χ2n) is 7.39. The molecule has 0 aliphatic carbocycles. The van der Waals surface area contributed by atoms with E-state index in [-0.39, 0.29) is 23.4 Å². The lowest BCUT2D eigenvalue weighted by Crippen LogP contribution is -2.29. The molecule has 3 aromatic rings. The topological polar surface area (TPSA) is 91.5 Å². The summed E-state index contributed by atoms with van der Waals surface area (Å²) >= 11 is 0. The Labute approximate surface area is 185 Å². The highest BCUT2D eigenvalue weighted by Gasteiger charge is 2.34. The van der Waals surface area contributed by atoms with Crippen LogP contribution in [0.5, 0.6) is 5.75 Å². The van der Waals surface area contributed by atoms with Gasteiger partial charge in [0.25, 0.3) is 5.91 Å². The van der Waals surface area contributed by atoms with E-state index in [4.69, 9.17) is 4.74 Å². The number of carbonyl (C=O) groups is 2. The van der Waals surface area contributed by atoms with Gasteiger partial charge in [0.2, 0.25) is 5.91 Å². The summed E-state index contributed by atoms with van der Waals surface area (Å²) in [4.78, 5) is 25.5. The predicted octanol–water partition coefficient (Wildman–Crippen LogP) is 3.49. The number of halogens is 1. The van der Waals surface area contributed by atoms with Gasteiger partial charge >= 0.3 is 0 Å². The second kappa shape index (κ2) is 9.59. The number of hydrazine groups is 1. The summed E-state index contributed by atoms with van der Waals surface area (Å²) in [6.45, 7) is 0.477. The molecule has 1 aliphatic rings. The van der Waals surface area contributed by atoms with E-state index in [0.29, 0.717) is 23.7 Å². The van der Waals surface area contributed by atoms with Crippen LogP contribution in [0.1, 0.15) is 22.0 Å². The normalized spacial score (nSPS) is 17.6. The van der Waals surface area contributed by atoms with Crippen LogP contribution in [0, 0.1) is 11.7 Å². The van der Waals surface area contributed by atoms with E-state index >= 15 is 0 Å². The summed E-state index contributed by atoms with van der Waals surface area (Å²) in [5, 5.41) is 5.63. The molecule has 4 rings (SSSR count). The molecule has 1 saturated heterocycles. The van der Waals surface area contributed by atoms with Crippen molar-refractivity contribution in [2.75, 3.05) is 24.3 Å². The number of anilines is 2. The van der Waals surface area contributed by atoms with Crippen molar-refractivity contribution in [1.82, 2.24) is 10.9 Å². The van der Waals surface area contributed by atoms with Crippen molar-refractivity contribution in [3.05, 3.63) is 89.7 Å². The maximum Gasteiger partial charge on any atom is 0.255 e. The van der Waals surface area contributed by atoms with E-state index in [1.54, 1.807) is 18.2 Å². The molecule has 2 unspecified atom stereocenters. The van der Waals surface area contributed by atoms with Gasteiger partial charge in [-0.1, -0.05) is 36.4 Å². The number of nitrogens with one attached hydrogen (secondary N) is 4. The monoisotopic (exact) mass is 434 g/mol. The van der Waals surface area contributed by atoms with E-state index in [2.05, 4.69) is 21.5 Å². The van der Waals surface area contributed by atoms with Crippen molar-refractivity contribution >= 4 is 23.2 Å². The molecule has 3 aromatic carbocycles. The smallest absolute Gasteiger partial charge is 0.255 e. The number of benzene rings is 3. The average Bonchev–Trinajstić information content (AvgIpc) is 3.30. The molecule has 0 radical (unpaired) electrons. The third-order valence-corrected chi connectivity index (χ3v) is 5.28. The summed E-state index contributed by atoms with van der Waals surface area (Å²) in [5.41, 5.74) is 8.25. The number of rotatable bonds is 6. The van der Waals surface area contributed by atoms with Crippen LogP contribution in [0.2, 0.25) is 0 Å². The van der Waals surface area contributed by atoms with Crippen LogP contribution in [0.25, 0.3) is 0 Å². The minimum Gasteiger partial charge on any atom is -0.495 e. The molecule has 32 heavy (non-hydrogen) atoms. The zero-order valence-corrected chi connectivity index (χ0v) is 17.4. The van der Waals surface area contributed by atoms with E-state index in [1.807, 2.05) is 30.3 Å². The van der Waals surface area contributed by atoms with Crippen LogP contribution in [0.3, 0.4) is 0 Å². The number of hydrogen-bond donors (Lipinski definition) is 4. The van der Waals surface area contributed by atoms with E-state index in [9.17, 15) is 14.0 Å². The SMILES string of the molecule is COc1ccc(NC(=O)C2CNNC2c2ccccc2)cc1NC(=O)c1cccc(F)c1. The van der Waals surface area contributed by atoms with Crippen molar-refractivity contribution in [2.24, 2.45) is 5.92 Å². The van der Waals surface area contributed by atoms with Crippen molar-refractivity contribution < 1.29 is 18.7 Å². The Morgan fingerprint density at radius 2 is 1.81 bits per heavy atom. The van der Waals surface area contributed by atoms with Crippen molar-refractivity contribution in [1.29, 1.82) is 0 Å². The molecule has 4 N–H and O–H groups in total. The Kier molecular flexibility index (Phi) is 6.44. The lowest BCUT2D eigenvalue weighted by Gasteiger charge is -2.19. The highest BCUT2D eigenvalue weighted by atomic mass is 19.1. The van der Waals surface area contributed by atoms with Gasteiger partial charge < -0.3 is 15.4 Å². The molecule has 1 aliphatic heterocycles. The average molecular weight is 434 g/mol. The third-order valence-electron chi connectivity index (χ3n) is 5.28. The highest BCUT2D eigenvalue weighted by molar-refractivity contribution is 6.05. The molecule has 8 heteroatoms. The Morgan fingerprint density at radius 3 is 2.56 bits per heavy atom. The number of hydrogen-bond acceptors (Lipinski definition) is 5. The van der Waals surface area contributed by atoms with E-state index < -0.39 is 11.7 Å². The first-order valence-corrected chi connectivity index (χ1v) is 10.1. The molecular weight excluding hydrogens is 411 g/mol. The van der Waals surface area contributed by atoms with Gasteiger partial charge in [0.05, 0.1) is 24.8 Å². The van der Waals surface area contributed by atoms with Crippen LogP contribution < -0.4 is 26.2 Å². The summed E-state index contributed by atoms with van der Waals surface area (Å²) in [7, 11) is 1.48. The summed E-state index contributed by atoms with van der Waals surface area (Å²) in [6, 6.07) is 19.9. The number of carbonyl (C=O) groups excluding carboxylic acids is 2. The van der Waals surface area contributed by atoms with Gasteiger partial charge in [-0.15, -0.1) is 0 Å². The molecule has 164 valence electrons. The van der Waals surface area contributed by atoms with E-state index in [0.717, 1.165) is 11.6 Å². The largest absolute Gasteiger partial charge is 0.495 e. The first-order valence-electron chi connectivity index (χ1n) is 10.1. The van der Waals surface area contributed by atoms with Crippen LogP contribution in [0.4, 0.5) is 15.8 Å². The van der Waals surface area contributed by atoms with E-state index in [1.165, 1.54) is 25.3 Å². The minimum absolute atomic E-state index is 0.163. The van der Waals surface area contributed by atoms with Crippen LogP contribution >= 0.6 is 0 Å². The Morgan fingerprint density at radius 1 is 1.00 bits per heavy atom. The first kappa shape index (κ1) is 21.5. The van der Waals surface area contributed by atoms with Gasteiger partial charge in [-0.3, -0.25) is 15.0 Å². The molecule has 0 aromatic heterocycles. The molecule has 2 atom stereocenters. The maximum absolute atomic E-state index is 13.5. The summed E-state index contributed by atoms with van der Waals surface area (Å²) in [5.74, 6) is -1.06. The van der Waals surface area contributed by atoms with Gasteiger partial charge in [-0.05, 0) is 42.0 Å². The summed E-state index contributed by atoms with van der Waals surface area (Å²) < 4.78 is 18.8. The van der Waals surface area contributed by atoms with Crippen molar-refractivity contribution in [3.63, 3.8) is 0 Å². The molecule has 1 fully saturated rings. The first-order chi connectivity index (χ1) is 15.5.